The fourth-order valence-electron chi connectivity index (χ4n) is 3.10. The summed E-state index contributed by atoms with van der Waals surface area (Å²) in [6, 6.07) is 17.6. The summed E-state index contributed by atoms with van der Waals surface area (Å²) >= 11 is 0. The molecular formula is C19H22FN. The van der Waals surface area contributed by atoms with Crippen LogP contribution in [-0.4, -0.2) is 13.6 Å². The molecule has 0 saturated heterocycles. The Morgan fingerprint density at radius 2 is 1.38 bits per heavy atom. The number of nitrogens with one attached hydrogen (secondary N) is 1. The summed E-state index contributed by atoms with van der Waals surface area (Å²) in [6.07, 6.45) is 6.90. The van der Waals surface area contributed by atoms with Crippen LogP contribution in [0, 0.1) is 0 Å². The molecule has 2 aromatic rings. The highest BCUT2D eigenvalue weighted by Gasteiger charge is 2.20. The third-order valence-corrected chi connectivity index (χ3v) is 4.10. The molecule has 1 aliphatic rings. The van der Waals surface area contributed by atoms with Gasteiger partial charge >= 0.3 is 0 Å². The van der Waals surface area contributed by atoms with Gasteiger partial charge in [-0.05, 0) is 48.7 Å². The smallest absolute Gasteiger partial charge is 0.0102 e. The molecule has 21 heavy (non-hydrogen) atoms. The third kappa shape index (κ3) is 3.22. The highest BCUT2D eigenvalue weighted by Crippen LogP contribution is 2.37. The lowest BCUT2D eigenvalue weighted by Crippen LogP contribution is -2.11. The summed E-state index contributed by atoms with van der Waals surface area (Å²) in [7, 11) is 2.02. The summed E-state index contributed by atoms with van der Waals surface area (Å²) in [4.78, 5) is 0. The van der Waals surface area contributed by atoms with E-state index in [0.29, 0.717) is 5.92 Å². The zero-order valence-corrected chi connectivity index (χ0v) is 12.4. The molecule has 2 aromatic carbocycles. The third-order valence-electron chi connectivity index (χ3n) is 4.10. The number of rotatable bonds is 4. The molecule has 2 heteroatoms. The van der Waals surface area contributed by atoms with Gasteiger partial charge in [0.15, 0.2) is 0 Å². The number of hydrogen-bond donors (Lipinski definition) is 1. The van der Waals surface area contributed by atoms with Crippen LogP contribution in [-0.2, 0) is 0 Å². The fraction of sp³-hybridized carbons (Fsp3) is 0.263. The van der Waals surface area contributed by atoms with Crippen LogP contribution in [0.4, 0.5) is 4.70 Å². The van der Waals surface area contributed by atoms with Crippen molar-refractivity contribution >= 4 is 12.2 Å². The van der Waals surface area contributed by atoms with Crippen molar-refractivity contribution in [2.75, 3.05) is 13.6 Å². The van der Waals surface area contributed by atoms with Gasteiger partial charge in [-0.1, -0.05) is 60.7 Å². The average molecular weight is 283 g/mol. The average Bonchev–Trinajstić information content (AvgIpc) is 2.66. The van der Waals surface area contributed by atoms with Crippen LogP contribution in [0.1, 0.15) is 41.0 Å². The van der Waals surface area contributed by atoms with Gasteiger partial charge in [0, 0.05) is 5.92 Å². The van der Waals surface area contributed by atoms with Crippen molar-refractivity contribution < 1.29 is 4.70 Å². The molecule has 0 fully saturated rings. The van der Waals surface area contributed by atoms with E-state index in [0.717, 1.165) is 6.54 Å². The van der Waals surface area contributed by atoms with Crippen LogP contribution in [0.15, 0.2) is 48.5 Å². The fourth-order valence-corrected chi connectivity index (χ4v) is 3.10. The Morgan fingerprint density at radius 3 is 1.90 bits per heavy atom. The zero-order chi connectivity index (χ0) is 13.8. The van der Waals surface area contributed by atoms with Gasteiger partial charge in [-0.2, -0.15) is 0 Å². The maximum absolute atomic E-state index is 3.26. The number of fused-ring (bicyclic) bond motifs is 2. The lowest BCUT2D eigenvalue weighted by molar-refractivity contribution is 0.628. The molecule has 0 aromatic heterocycles. The van der Waals surface area contributed by atoms with Gasteiger partial charge in [-0.15, -0.1) is 0 Å². The van der Waals surface area contributed by atoms with Crippen molar-refractivity contribution in [1.82, 2.24) is 5.32 Å². The van der Waals surface area contributed by atoms with Crippen molar-refractivity contribution in [2.45, 2.75) is 18.8 Å². The molecule has 0 heterocycles. The first kappa shape index (κ1) is 15.5. The predicted octanol–water partition coefficient (Wildman–Crippen LogP) is 4.45. The molecular weight excluding hydrogens is 261 g/mol. The molecule has 0 atom stereocenters. The van der Waals surface area contributed by atoms with E-state index in [2.05, 4.69) is 66.0 Å². The molecule has 0 radical (unpaired) electrons. The Kier molecular flexibility index (Phi) is 5.29. The molecule has 0 unspecified atom stereocenters. The van der Waals surface area contributed by atoms with Crippen LogP contribution in [0.3, 0.4) is 0 Å². The second kappa shape index (κ2) is 7.19. The van der Waals surface area contributed by atoms with E-state index in [9.17, 15) is 0 Å². The maximum Gasteiger partial charge on any atom is 0.0102 e. The quantitative estimate of drug-likeness (QED) is 0.817. The van der Waals surface area contributed by atoms with E-state index < -0.39 is 0 Å². The highest BCUT2D eigenvalue weighted by molar-refractivity contribution is 5.76. The second-order valence-corrected chi connectivity index (χ2v) is 5.39. The van der Waals surface area contributed by atoms with Crippen LogP contribution in [0.25, 0.3) is 12.2 Å². The van der Waals surface area contributed by atoms with E-state index in [1.165, 1.54) is 35.1 Å². The molecule has 1 N–H and O–H groups in total. The monoisotopic (exact) mass is 283 g/mol. The second-order valence-electron chi connectivity index (χ2n) is 5.39. The minimum absolute atomic E-state index is 0. The van der Waals surface area contributed by atoms with Crippen molar-refractivity contribution in [1.29, 1.82) is 0 Å². The van der Waals surface area contributed by atoms with Gasteiger partial charge in [0.1, 0.15) is 0 Å². The minimum atomic E-state index is 0. The Labute approximate surface area is 126 Å². The van der Waals surface area contributed by atoms with Crippen LogP contribution < -0.4 is 5.32 Å². The van der Waals surface area contributed by atoms with Crippen molar-refractivity contribution in [3.05, 3.63) is 70.8 Å². The number of hydrogen-bond acceptors (Lipinski definition) is 1. The highest BCUT2D eigenvalue weighted by atomic mass is 19.0. The van der Waals surface area contributed by atoms with E-state index >= 15 is 0 Å². The van der Waals surface area contributed by atoms with Gasteiger partial charge in [0.05, 0.1) is 0 Å². The van der Waals surface area contributed by atoms with Gasteiger partial charge in [-0.3, -0.25) is 4.70 Å². The van der Waals surface area contributed by atoms with Gasteiger partial charge in [0.2, 0.25) is 0 Å². The molecule has 0 bridgehead atoms. The van der Waals surface area contributed by atoms with E-state index in [1.54, 1.807) is 0 Å². The summed E-state index contributed by atoms with van der Waals surface area (Å²) < 4.78 is 0. The maximum atomic E-state index is 3.26. The van der Waals surface area contributed by atoms with Gasteiger partial charge in [-0.25, -0.2) is 0 Å². The summed E-state index contributed by atoms with van der Waals surface area (Å²) in [6.45, 7) is 1.08. The number of halogens is 1. The molecule has 0 amide bonds. The van der Waals surface area contributed by atoms with Crippen molar-refractivity contribution in [2.24, 2.45) is 0 Å². The Hall–Kier alpha value is -1.93. The van der Waals surface area contributed by atoms with Crippen molar-refractivity contribution in [3.63, 3.8) is 0 Å². The van der Waals surface area contributed by atoms with Crippen LogP contribution in [0.5, 0.6) is 0 Å². The molecule has 3 rings (SSSR count). The van der Waals surface area contributed by atoms with Gasteiger partial charge in [0.25, 0.3) is 0 Å². The van der Waals surface area contributed by atoms with Crippen LogP contribution in [0.2, 0.25) is 0 Å². The lowest BCUT2D eigenvalue weighted by atomic mass is 9.84. The van der Waals surface area contributed by atoms with Crippen molar-refractivity contribution in [3.8, 4) is 0 Å². The number of benzene rings is 2. The first-order valence-corrected chi connectivity index (χ1v) is 7.40. The Bertz CT molecular complexity index is 569. The topological polar surface area (TPSA) is 12.0 Å². The van der Waals surface area contributed by atoms with E-state index in [4.69, 9.17) is 0 Å². The summed E-state index contributed by atoms with van der Waals surface area (Å²) in [5, 5.41) is 3.26. The molecule has 1 aliphatic carbocycles. The first-order chi connectivity index (χ1) is 9.90. The largest absolute Gasteiger partial charge is 0.320 e. The molecule has 0 saturated carbocycles. The first-order valence-electron chi connectivity index (χ1n) is 7.40. The van der Waals surface area contributed by atoms with Gasteiger partial charge < -0.3 is 5.32 Å². The van der Waals surface area contributed by atoms with Crippen LogP contribution >= 0.6 is 0 Å². The molecule has 0 spiro atoms. The molecule has 1 nitrogen and oxygen atoms in total. The molecule has 0 aliphatic heterocycles. The normalized spacial score (nSPS) is 13.0. The SMILES string of the molecule is CNCCCC1c2ccccc2C=Cc2ccccc21.F. The predicted molar refractivity (Wildman–Crippen MR) is 89.3 cm³/mol. The lowest BCUT2D eigenvalue weighted by Gasteiger charge is -2.20. The summed E-state index contributed by atoms with van der Waals surface area (Å²) in [5.41, 5.74) is 5.64. The van der Waals surface area contributed by atoms with E-state index in [1.807, 2.05) is 7.05 Å². The minimum Gasteiger partial charge on any atom is -0.320 e. The molecule has 110 valence electrons. The zero-order valence-electron chi connectivity index (χ0n) is 12.4. The Morgan fingerprint density at radius 1 is 0.857 bits per heavy atom. The van der Waals surface area contributed by atoms with E-state index in [-0.39, 0.29) is 4.70 Å². The standard InChI is InChI=1S/C19H21N.FH/c1-20-14-6-11-19-17-9-4-2-7-15(17)12-13-16-8-3-5-10-18(16)19;/h2-5,7-10,12-13,19-20H,6,11,14H2,1H3;1H. The Balaban J connectivity index is 0.00000161. The summed E-state index contributed by atoms with van der Waals surface area (Å²) in [5.74, 6) is 0.505.